The minimum Gasteiger partial charge on any atom is -0.343 e. The number of hydrogen-bond donors (Lipinski definition) is 1. The Bertz CT molecular complexity index is 1100. The Labute approximate surface area is 163 Å². The molecule has 0 saturated carbocycles. The number of para-hydroxylation sites is 1. The molecule has 134 valence electrons. The number of anilines is 1. The first-order valence-corrected chi connectivity index (χ1v) is 8.79. The second kappa shape index (κ2) is 7.94. The lowest BCUT2D eigenvalue weighted by Gasteiger charge is -2.06. The highest BCUT2D eigenvalue weighted by atomic mass is 35.5. The molecule has 0 aliphatic rings. The van der Waals surface area contributed by atoms with Crippen LogP contribution in [0.1, 0.15) is 11.1 Å². The lowest BCUT2D eigenvalue weighted by Crippen LogP contribution is -2.13. The maximum Gasteiger partial charge on any atom is 0.266 e. The average Bonchev–Trinajstić information content (AvgIpc) is 3.01. The summed E-state index contributed by atoms with van der Waals surface area (Å²) in [5, 5.41) is 13.7. The highest BCUT2D eigenvalue weighted by Crippen LogP contribution is 2.24. The first kappa shape index (κ1) is 18.5. The van der Waals surface area contributed by atoms with Gasteiger partial charge < -0.3 is 9.88 Å². The highest BCUT2D eigenvalue weighted by Gasteiger charge is 2.13. The van der Waals surface area contributed by atoms with Crippen LogP contribution >= 0.6 is 11.6 Å². The lowest BCUT2D eigenvalue weighted by molar-refractivity contribution is -0.112. The molecular weight excluding hydrogens is 358 g/mol. The average molecular weight is 376 g/mol. The molecule has 0 spiro atoms. The molecule has 1 N–H and O–H groups in total. The van der Waals surface area contributed by atoms with Crippen LogP contribution < -0.4 is 5.32 Å². The molecule has 27 heavy (non-hydrogen) atoms. The van der Waals surface area contributed by atoms with Crippen molar-refractivity contribution in [3.8, 4) is 6.07 Å². The Balaban J connectivity index is 1.95. The van der Waals surface area contributed by atoms with Crippen LogP contribution in [0.3, 0.4) is 0 Å². The molecule has 0 unspecified atom stereocenters. The maximum absolute atomic E-state index is 12.5. The number of aromatic nitrogens is 1. The summed E-state index contributed by atoms with van der Waals surface area (Å²) in [7, 11) is 0. The number of amides is 1. The fourth-order valence-corrected chi connectivity index (χ4v) is 3.03. The van der Waals surface area contributed by atoms with Gasteiger partial charge in [0.25, 0.3) is 5.91 Å². The van der Waals surface area contributed by atoms with E-state index < -0.39 is 5.91 Å². The van der Waals surface area contributed by atoms with Gasteiger partial charge in [-0.15, -0.1) is 6.58 Å². The number of rotatable bonds is 5. The second-order valence-electron chi connectivity index (χ2n) is 6.13. The third-order valence-corrected chi connectivity index (χ3v) is 4.65. The molecule has 1 amide bonds. The number of benzene rings is 2. The van der Waals surface area contributed by atoms with Gasteiger partial charge >= 0.3 is 0 Å². The summed E-state index contributed by atoms with van der Waals surface area (Å²) in [5.41, 5.74) is 3.31. The molecule has 3 rings (SSSR count). The Kier molecular flexibility index (Phi) is 5.44. The summed E-state index contributed by atoms with van der Waals surface area (Å²) < 4.78 is 2.03. The number of nitriles is 1. The van der Waals surface area contributed by atoms with E-state index in [1.54, 1.807) is 24.3 Å². The van der Waals surface area contributed by atoms with Gasteiger partial charge in [-0.2, -0.15) is 5.26 Å². The zero-order chi connectivity index (χ0) is 19.4. The minimum atomic E-state index is -0.474. The molecule has 0 saturated heterocycles. The van der Waals surface area contributed by atoms with E-state index in [-0.39, 0.29) is 5.57 Å². The van der Waals surface area contributed by atoms with Crippen LogP contribution in [-0.2, 0) is 11.3 Å². The van der Waals surface area contributed by atoms with Crippen LogP contribution in [0.25, 0.3) is 17.0 Å². The molecule has 4 nitrogen and oxygen atoms in total. The van der Waals surface area contributed by atoms with Crippen molar-refractivity contribution < 1.29 is 4.79 Å². The van der Waals surface area contributed by atoms with Crippen molar-refractivity contribution in [1.29, 1.82) is 5.26 Å². The van der Waals surface area contributed by atoms with Crippen molar-refractivity contribution in [1.82, 2.24) is 4.57 Å². The number of carbonyl (C=O) groups excluding carboxylic acids is 1. The molecule has 0 aliphatic carbocycles. The molecule has 0 atom stereocenters. The van der Waals surface area contributed by atoms with Crippen molar-refractivity contribution in [3.63, 3.8) is 0 Å². The number of nitrogens with zero attached hydrogens (tertiary/aromatic N) is 2. The summed E-state index contributed by atoms with van der Waals surface area (Å²) in [5.74, 6) is -0.474. The Hall–Kier alpha value is -3.29. The summed E-state index contributed by atoms with van der Waals surface area (Å²) >= 11 is 6.10. The monoisotopic (exact) mass is 375 g/mol. The van der Waals surface area contributed by atoms with Crippen molar-refractivity contribution in [2.24, 2.45) is 0 Å². The summed E-state index contributed by atoms with van der Waals surface area (Å²) in [6, 6.07) is 15.1. The van der Waals surface area contributed by atoms with E-state index >= 15 is 0 Å². The van der Waals surface area contributed by atoms with Gasteiger partial charge in [0.2, 0.25) is 0 Å². The van der Waals surface area contributed by atoms with Crippen LogP contribution in [-0.4, -0.2) is 10.5 Å². The van der Waals surface area contributed by atoms with Gasteiger partial charge in [-0.25, -0.2) is 0 Å². The third kappa shape index (κ3) is 3.94. The van der Waals surface area contributed by atoms with Gasteiger partial charge in [0.05, 0.1) is 0 Å². The van der Waals surface area contributed by atoms with E-state index in [0.29, 0.717) is 17.3 Å². The lowest BCUT2D eigenvalue weighted by atomic mass is 10.1. The van der Waals surface area contributed by atoms with E-state index in [1.165, 1.54) is 0 Å². The molecular formula is C22H18ClN3O. The van der Waals surface area contributed by atoms with Crippen molar-refractivity contribution in [2.75, 3.05) is 5.32 Å². The zero-order valence-electron chi connectivity index (χ0n) is 14.9. The molecule has 0 fully saturated rings. The van der Waals surface area contributed by atoms with E-state index in [2.05, 4.69) is 11.9 Å². The first-order chi connectivity index (χ1) is 13.0. The largest absolute Gasteiger partial charge is 0.343 e. The zero-order valence-corrected chi connectivity index (χ0v) is 15.6. The topological polar surface area (TPSA) is 57.8 Å². The van der Waals surface area contributed by atoms with Crippen molar-refractivity contribution in [3.05, 3.63) is 83.0 Å². The predicted molar refractivity (Wildman–Crippen MR) is 111 cm³/mol. The van der Waals surface area contributed by atoms with E-state index in [4.69, 9.17) is 11.6 Å². The van der Waals surface area contributed by atoms with Gasteiger partial charge in [-0.3, -0.25) is 4.79 Å². The molecule has 1 aromatic heterocycles. The standard InChI is InChI=1S/C22H18ClN3O/c1-3-10-26-14-17(19-6-4-5-7-21(19)26)11-16(13-24)22(27)25-18-9-8-15(2)20(23)12-18/h3-9,11-12,14H,1,10H2,2H3,(H,25,27)/b16-11-. The minimum absolute atomic E-state index is 0.0215. The fraction of sp³-hybridized carbons (Fsp3) is 0.0909. The van der Waals surface area contributed by atoms with Gasteiger partial charge in [0.15, 0.2) is 0 Å². The van der Waals surface area contributed by atoms with Crippen LogP contribution in [0.5, 0.6) is 0 Å². The quantitative estimate of drug-likeness (QED) is 0.372. The van der Waals surface area contributed by atoms with Gasteiger partial charge in [-0.05, 0) is 36.8 Å². The molecule has 0 bridgehead atoms. The fourth-order valence-electron chi connectivity index (χ4n) is 2.85. The van der Waals surface area contributed by atoms with Gasteiger partial charge in [-0.1, -0.05) is 41.9 Å². The summed E-state index contributed by atoms with van der Waals surface area (Å²) in [4.78, 5) is 12.5. The third-order valence-electron chi connectivity index (χ3n) is 4.24. The van der Waals surface area contributed by atoms with Gasteiger partial charge in [0.1, 0.15) is 11.6 Å². The molecule has 1 heterocycles. The Morgan fingerprint density at radius 1 is 1.33 bits per heavy atom. The Morgan fingerprint density at radius 3 is 2.81 bits per heavy atom. The Morgan fingerprint density at radius 2 is 2.11 bits per heavy atom. The number of halogens is 1. The number of fused-ring (bicyclic) bond motifs is 1. The highest BCUT2D eigenvalue weighted by molar-refractivity contribution is 6.31. The normalized spacial score (nSPS) is 11.2. The molecule has 0 radical (unpaired) electrons. The maximum atomic E-state index is 12.5. The van der Waals surface area contributed by atoms with Crippen LogP contribution in [0, 0.1) is 18.3 Å². The number of hydrogen-bond acceptors (Lipinski definition) is 2. The second-order valence-corrected chi connectivity index (χ2v) is 6.54. The molecule has 3 aromatic rings. The van der Waals surface area contributed by atoms with Gasteiger partial charge in [0, 0.05) is 39.9 Å². The number of allylic oxidation sites excluding steroid dienone is 1. The molecule has 2 aromatic carbocycles. The number of aryl methyl sites for hydroxylation is 1. The van der Waals surface area contributed by atoms with Crippen molar-refractivity contribution >= 4 is 40.2 Å². The SMILES string of the molecule is C=CCn1cc(/C=C(/C#N)C(=O)Nc2ccc(C)c(Cl)c2)c2ccccc21. The van der Waals surface area contributed by atoms with Crippen LogP contribution in [0.4, 0.5) is 5.69 Å². The van der Waals surface area contributed by atoms with E-state index in [0.717, 1.165) is 22.0 Å². The molecule has 5 heteroatoms. The first-order valence-electron chi connectivity index (χ1n) is 8.41. The van der Waals surface area contributed by atoms with Crippen molar-refractivity contribution in [2.45, 2.75) is 13.5 Å². The van der Waals surface area contributed by atoms with E-state index in [1.807, 2.05) is 54.1 Å². The van der Waals surface area contributed by atoms with Crippen LogP contribution in [0.15, 0.2) is 66.9 Å². The molecule has 0 aliphatic heterocycles. The predicted octanol–water partition coefficient (Wildman–Crippen LogP) is 5.33. The van der Waals surface area contributed by atoms with E-state index in [9.17, 15) is 10.1 Å². The number of nitrogens with one attached hydrogen (secondary N) is 1. The number of carbonyl (C=O) groups is 1. The smallest absolute Gasteiger partial charge is 0.266 e. The van der Waals surface area contributed by atoms with Crippen LogP contribution in [0.2, 0.25) is 5.02 Å². The summed E-state index contributed by atoms with van der Waals surface area (Å²) in [6.07, 6.45) is 5.33. The summed E-state index contributed by atoms with van der Waals surface area (Å²) in [6.45, 7) is 6.30.